The molecule has 1 atom stereocenters. The van der Waals surface area contributed by atoms with Crippen molar-refractivity contribution in [3.8, 4) is 0 Å². The van der Waals surface area contributed by atoms with Gasteiger partial charge in [-0.2, -0.15) is 0 Å². The molecule has 0 saturated carbocycles. The molecule has 0 aromatic carbocycles. The minimum absolute atomic E-state index is 0.614. The van der Waals surface area contributed by atoms with Gasteiger partial charge in [0.2, 0.25) is 0 Å². The standard InChI is InChI=1S/C12H20N4S/c1-3-10-5-9-17-12(15-10)14-6-4-11-13-7-8-16(11)2/h7-8,10H,3-6,9H2,1-2H3,(H,14,15). The van der Waals surface area contributed by atoms with Crippen molar-refractivity contribution in [3.63, 3.8) is 0 Å². The Balaban J connectivity index is 1.82. The fraction of sp³-hybridized carbons (Fsp3) is 0.667. The number of nitrogens with zero attached hydrogens (tertiary/aromatic N) is 3. The Hall–Kier alpha value is -0.970. The van der Waals surface area contributed by atoms with E-state index in [1.807, 2.05) is 31.2 Å². The van der Waals surface area contributed by atoms with Crippen LogP contribution in [0.1, 0.15) is 25.6 Å². The van der Waals surface area contributed by atoms with Gasteiger partial charge in [-0.3, -0.25) is 4.99 Å². The van der Waals surface area contributed by atoms with E-state index in [0.717, 1.165) is 24.0 Å². The van der Waals surface area contributed by atoms with E-state index in [1.54, 1.807) is 0 Å². The van der Waals surface area contributed by atoms with E-state index in [-0.39, 0.29) is 0 Å². The summed E-state index contributed by atoms with van der Waals surface area (Å²) < 4.78 is 2.05. The zero-order valence-electron chi connectivity index (χ0n) is 10.5. The van der Waals surface area contributed by atoms with E-state index < -0.39 is 0 Å². The van der Waals surface area contributed by atoms with Gasteiger partial charge in [0.05, 0.1) is 0 Å². The summed E-state index contributed by atoms with van der Waals surface area (Å²) in [6.45, 7) is 3.04. The summed E-state index contributed by atoms with van der Waals surface area (Å²) in [5, 5.41) is 4.59. The first-order valence-corrected chi connectivity index (χ1v) is 7.18. The summed E-state index contributed by atoms with van der Waals surface area (Å²) in [5.41, 5.74) is 0. The second kappa shape index (κ2) is 6.10. The maximum absolute atomic E-state index is 4.61. The molecule has 1 N–H and O–H groups in total. The van der Waals surface area contributed by atoms with Crippen LogP contribution >= 0.6 is 11.8 Å². The number of rotatable bonds is 4. The lowest BCUT2D eigenvalue weighted by molar-refractivity contribution is 0.570. The van der Waals surface area contributed by atoms with Gasteiger partial charge in [0.25, 0.3) is 0 Å². The lowest BCUT2D eigenvalue weighted by atomic mass is 10.2. The summed E-state index contributed by atoms with van der Waals surface area (Å²) >= 11 is 1.84. The Labute approximate surface area is 107 Å². The van der Waals surface area contributed by atoms with E-state index >= 15 is 0 Å². The maximum atomic E-state index is 4.61. The van der Waals surface area contributed by atoms with Gasteiger partial charge >= 0.3 is 0 Å². The van der Waals surface area contributed by atoms with E-state index in [2.05, 4.69) is 26.8 Å². The van der Waals surface area contributed by atoms with Crippen molar-refractivity contribution in [2.75, 3.05) is 12.3 Å². The van der Waals surface area contributed by atoms with E-state index in [4.69, 9.17) is 0 Å². The largest absolute Gasteiger partial charge is 0.362 e. The first-order valence-electron chi connectivity index (χ1n) is 6.19. The molecule has 0 amide bonds. The number of thioether (sulfide) groups is 1. The van der Waals surface area contributed by atoms with Crippen LogP contribution in [0, 0.1) is 0 Å². The second-order valence-corrected chi connectivity index (χ2v) is 5.36. The molecule has 1 fully saturated rings. The summed E-state index contributed by atoms with van der Waals surface area (Å²) in [6.07, 6.45) is 7.15. The number of aryl methyl sites for hydroxylation is 1. The van der Waals surface area contributed by atoms with Crippen molar-refractivity contribution < 1.29 is 0 Å². The predicted molar refractivity (Wildman–Crippen MR) is 73.5 cm³/mol. The number of amidine groups is 1. The van der Waals surface area contributed by atoms with Crippen LogP contribution in [0.2, 0.25) is 0 Å². The topological polar surface area (TPSA) is 42.2 Å². The van der Waals surface area contributed by atoms with Gasteiger partial charge in [-0.05, 0) is 12.8 Å². The molecule has 0 spiro atoms. The summed E-state index contributed by atoms with van der Waals surface area (Å²) in [4.78, 5) is 8.91. The molecular weight excluding hydrogens is 232 g/mol. The molecule has 1 saturated heterocycles. The lowest BCUT2D eigenvalue weighted by Gasteiger charge is -2.24. The van der Waals surface area contributed by atoms with Gasteiger partial charge in [0.15, 0.2) is 5.17 Å². The highest BCUT2D eigenvalue weighted by Crippen LogP contribution is 2.15. The van der Waals surface area contributed by atoms with Gasteiger partial charge in [-0.1, -0.05) is 18.7 Å². The van der Waals surface area contributed by atoms with E-state index in [9.17, 15) is 0 Å². The Bertz CT molecular complexity index is 386. The Kier molecular flexibility index (Phi) is 4.48. The van der Waals surface area contributed by atoms with Crippen molar-refractivity contribution in [2.24, 2.45) is 12.0 Å². The Morgan fingerprint density at radius 1 is 1.65 bits per heavy atom. The van der Waals surface area contributed by atoms with Crippen LogP contribution < -0.4 is 5.32 Å². The number of hydrogen-bond donors (Lipinski definition) is 1. The zero-order chi connectivity index (χ0) is 12.1. The van der Waals surface area contributed by atoms with Crippen LogP contribution in [0.25, 0.3) is 0 Å². The number of hydrogen-bond acceptors (Lipinski definition) is 3. The smallest absolute Gasteiger partial charge is 0.156 e. The molecule has 2 heterocycles. The monoisotopic (exact) mass is 252 g/mol. The first kappa shape index (κ1) is 12.5. The second-order valence-electron chi connectivity index (χ2n) is 4.28. The van der Waals surface area contributed by atoms with Crippen LogP contribution in [0.3, 0.4) is 0 Å². The lowest BCUT2D eigenvalue weighted by Crippen LogP contribution is -2.37. The summed E-state index contributed by atoms with van der Waals surface area (Å²) in [6, 6.07) is 0.614. The summed E-state index contributed by atoms with van der Waals surface area (Å²) in [7, 11) is 2.02. The van der Waals surface area contributed by atoms with Crippen LogP contribution in [-0.4, -0.2) is 33.1 Å². The molecule has 0 radical (unpaired) electrons. The molecule has 1 unspecified atom stereocenters. The van der Waals surface area contributed by atoms with Crippen LogP contribution in [0.5, 0.6) is 0 Å². The fourth-order valence-electron chi connectivity index (χ4n) is 1.88. The molecule has 94 valence electrons. The molecule has 0 aliphatic carbocycles. The van der Waals surface area contributed by atoms with Crippen molar-refractivity contribution >= 4 is 16.9 Å². The predicted octanol–water partition coefficient (Wildman–Crippen LogP) is 1.82. The maximum Gasteiger partial charge on any atom is 0.156 e. The van der Waals surface area contributed by atoms with Gasteiger partial charge in [0, 0.05) is 44.2 Å². The van der Waals surface area contributed by atoms with Gasteiger partial charge in [-0.15, -0.1) is 0 Å². The third kappa shape index (κ3) is 3.49. The van der Waals surface area contributed by atoms with Crippen LogP contribution in [0.15, 0.2) is 17.4 Å². The fourth-order valence-corrected chi connectivity index (χ4v) is 2.91. The summed E-state index contributed by atoms with van der Waals surface area (Å²) in [5.74, 6) is 2.29. The SMILES string of the molecule is CCC1CCSC(=NCCc2nccn2C)N1. The minimum atomic E-state index is 0.614. The Morgan fingerprint density at radius 2 is 2.53 bits per heavy atom. The molecule has 17 heavy (non-hydrogen) atoms. The van der Waals surface area contributed by atoms with Crippen LogP contribution in [-0.2, 0) is 13.5 Å². The van der Waals surface area contributed by atoms with Gasteiger partial charge < -0.3 is 9.88 Å². The third-order valence-electron chi connectivity index (χ3n) is 3.04. The van der Waals surface area contributed by atoms with Crippen molar-refractivity contribution in [3.05, 3.63) is 18.2 Å². The third-order valence-corrected chi connectivity index (χ3v) is 4.00. The molecule has 2 rings (SSSR count). The van der Waals surface area contributed by atoms with Crippen molar-refractivity contribution in [1.29, 1.82) is 0 Å². The molecule has 1 aliphatic rings. The van der Waals surface area contributed by atoms with Gasteiger partial charge in [-0.25, -0.2) is 4.98 Å². The molecule has 1 aromatic heterocycles. The average Bonchev–Trinajstić information content (AvgIpc) is 2.76. The minimum Gasteiger partial charge on any atom is -0.362 e. The van der Waals surface area contributed by atoms with E-state index in [1.165, 1.54) is 18.6 Å². The number of imidazole rings is 1. The van der Waals surface area contributed by atoms with Crippen molar-refractivity contribution in [2.45, 2.75) is 32.2 Å². The molecule has 0 bridgehead atoms. The molecule has 1 aliphatic heterocycles. The number of nitrogens with one attached hydrogen (secondary N) is 1. The van der Waals surface area contributed by atoms with E-state index in [0.29, 0.717) is 6.04 Å². The van der Waals surface area contributed by atoms with Crippen molar-refractivity contribution in [1.82, 2.24) is 14.9 Å². The highest BCUT2D eigenvalue weighted by atomic mass is 32.2. The average molecular weight is 252 g/mol. The number of aliphatic imine (C=N–C) groups is 1. The first-order chi connectivity index (χ1) is 8.29. The van der Waals surface area contributed by atoms with Crippen LogP contribution in [0.4, 0.5) is 0 Å². The Morgan fingerprint density at radius 3 is 3.24 bits per heavy atom. The highest BCUT2D eigenvalue weighted by molar-refractivity contribution is 8.13. The quantitative estimate of drug-likeness (QED) is 0.889. The highest BCUT2D eigenvalue weighted by Gasteiger charge is 2.15. The molecule has 5 heteroatoms. The van der Waals surface area contributed by atoms with Gasteiger partial charge in [0.1, 0.15) is 5.82 Å². The molecule has 1 aromatic rings. The normalized spacial score (nSPS) is 22.7. The molecular formula is C12H20N4S. The zero-order valence-corrected chi connectivity index (χ0v) is 11.3. The molecule has 4 nitrogen and oxygen atoms in total. The number of aromatic nitrogens is 2.